The molecule has 9 nitrogen and oxygen atoms in total. The molecule has 0 fully saturated rings. The summed E-state index contributed by atoms with van der Waals surface area (Å²) >= 11 is 13.2. The first-order valence-electron chi connectivity index (χ1n) is 8.88. The van der Waals surface area contributed by atoms with Crippen LogP contribution in [0.3, 0.4) is 0 Å². The average Bonchev–Trinajstić information content (AvgIpc) is 3.33. The summed E-state index contributed by atoms with van der Waals surface area (Å²) in [6.45, 7) is -0.153. The Morgan fingerprint density at radius 2 is 1.68 bits per heavy atom. The molecule has 0 aliphatic heterocycles. The summed E-state index contributed by atoms with van der Waals surface area (Å²) in [5, 5.41) is 29.7. The zero-order valence-corrected chi connectivity index (χ0v) is 19.7. The molecule has 1 aromatic heterocycles. The fourth-order valence-electron chi connectivity index (χ4n) is 2.20. The molecular weight excluding hydrogens is 459 g/mol. The number of nitrogens with one attached hydrogen (secondary N) is 5. The molecular formula is C19H26Cl2N8OS. The van der Waals surface area contributed by atoms with Gasteiger partial charge < -0.3 is 15.7 Å². The molecule has 0 bridgehead atoms. The van der Waals surface area contributed by atoms with Crippen LogP contribution in [0.25, 0.3) is 11.4 Å². The Hall–Kier alpha value is -2.34. The number of rotatable bonds is 5. The third kappa shape index (κ3) is 9.55. The molecule has 0 amide bonds. The minimum absolute atomic E-state index is 0.153. The van der Waals surface area contributed by atoms with Crippen LogP contribution in [-0.4, -0.2) is 52.4 Å². The van der Waals surface area contributed by atoms with Gasteiger partial charge in [0, 0.05) is 46.6 Å². The summed E-state index contributed by atoms with van der Waals surface area (Å²) in [6.07, 6.45) is 3.34. The maximum absolute atomic E-state index is 7.64. The molecule has 0 radical (unpaired) electrons. The fraction of sp³-hybridized carbons (Fsp3) is 0.211. The van der Waals surface area contributed by atoms with E-state index in [4.69, 9.17) is 33.7 Å². The van der Waals surface area contributed by atoms with Crippen molar-refractivity contribution < 1.29 is 5.11 Å². The topological polar surface area (TPSA) is 148 Å². The minimum Gasteiger partial charge on any atom is -0.388 e. The zero-order chi connectivity index (χ0) is 23.2. The number of anilines is 2. The first kappa shape index (κ1) is 26.7. The molecule has 12 heteroatoms. The van der Waals surface area contributed by atoms with Gasteiger partial charge >= 0.3 is 0 Å². The number of aliphatic hydroxyl groups is 1. The van der Waals surface area contributed by atoms with Crippen LogP contribution in [0.1, 0.15) is 5.56 Å². The summed E-state index contributed by atoms with van der Waals surface area (Å²) in [6, 6.07) is 11.2. The number of aromatic nitrogens is 3. The second-order valence-corrected chi connectivity index (χ2v) is 7.38. The summed E-state index contributed by atoms with van der Waals surface area (Å²) in [5.74, 6) is 5.24. The molecule has 0 unspecified atom stereocenters. The van der Waals surface area contributed by atoms with Crippen molar-refractivity contribution >= 4 is 51.4 Å². The Balaban J connectivity index is 0.000000266. The van der Waals surface area contributed by atoms with Gasteiger partial charge in [0.15, 0.2) is 5.82 Å². The highest BCUT2D eigenvalue weighted by Gasteiger charge is 2.04. The van der Waals surface area contributed by atoms with Gasteiger partial charge in [-0.05, 0) is 42.7 Å². The van der Waals surface area contributed by atoms with Crippen molar-refractivity contribution in [1.82, 2.24) is 20.6 Å². The molecule has 0 aliphatic carbocycles. The van der Waals surface area contributed by atoms with E-state index in [0.717, 1.165) is 22.5 Å². The third-order valence-electron chi connectivity index (χ3n) is 3.62. The Kier molecular flexibility index (Phi) is 12.6. The number of halogens is 2. The monoisotopic (exact) mass is 484 g/mol. The Morgan fingerprint density at radius 3 is 2.16 bits per heavy atom. The van der Waals surface area contributed by atoms with Crippen molar-refractivity contribution in [3.05, 3.63) is 58.3 Å². The van der Waals surface area contributed by atoms with Gasteiger partial charge in [0.05, 0.1) is 5.04 Å². The number of nitrogens with two attached hydrogens (primary N) is 1. The number of nitrogens with zero attached hydrogens (tertiary/aromatic N) is 2. The molecule has 0 atom stereocenters. The molecule has 0 saturated carbocycles. The predicted molar refractivity (Wildman–Crippen MR) is 132 cm³/mol. The molecule has 168 valence electrons. The van der Waals surface area contributed by atoms with Gasteiger partial charge in [0.1, 0.15) is 13.1 Å². The maximum Gasteiger partial charge on any atom is 0.155 e. The standard InChI is InChI=1S/C9H9ClN4.C9H11ClN2S.CH6N2O/c1-11-8-3-6(2-7(10)4-8)9-12-5-13-14-9;1-12-8-4-6(9(11)13-2)3-7(10)5-8;2-3-1-4/h2-5,11H,1H3,(H,12,13,14);3-5,11-12H,1-2H3;3-4H,1-2H2. The van der Waals surface area contributed by atoms with Crippen molar-refractivity contribution in [1.29, 1.82) is 5.41 Å². The molecule has 3 rings (SSSR count). The largest absolute Gasteiger partial charge is 0.388 e. The van der Waals surface area contributed by atoms with Crippen molar-refractivity contribution in [2.24, 2.45) is 5.84 Å². The number of benzene rings is 2. The van der Waals surface area contributed by atoms with Crippen LogP contribution in [0.5, 0.6) is 0 Å². The summed E-state index contributed by atoms with van der Waals surface area (Å²) in [7, 11) is 3.67. The van der Waals surface area contributed by atoms with E-state index in [1.165, 1.54) is 18.1 Å². The van der Waals surface area contributed by atoms with E-state index in [-0.39, 0.29) is 6.73 Å². The van der Waals surface area contributed by atoms with E-state index in [0.29, 0.717) is 20.9 Å². The van der Waals surface area contributed by atoms with Crippen molar-refractivity contribution in [2.75, 3.05) is 37.7 Å². The van der Waals surface area contributed by atoms with E-state index in [9.17, 15) is 0 Å². The van der Waals surface area contributed by atoms with Gasteiger partial charge in [0.25, 0.3) is 0 Å². The van der Waals surface area contributed by atoms with E-state index in [1.807, 2.05) is 56.1 Å². The highest BCUT2D eigenvalue weighted by Crippen LogP contribution is 2.24. The molecule has 2 aromatic carbocycles. The van der Waals surface area contributed by atoms with Crippen LogP contribution in [0, 0.1) is 5.41 Å². The van der Waals surface area contributed by atoms with Crippen LogP contribution < -0.4 is 21.9 Å². The Labute approximate surface area is 195 Å². The van der Waals surface area contributed by atoms with E-state index in [2.05, 4.69) is 31.7 Å². The van der Waals surface area contributed by atoms with E-state index >= 15 is 0 Å². The van der Waals surface area contributed by atoms with Gasteiger partial charge in [0.2, 0.25) is 0 Å². The first-order valence-corrected chi connectivity index (χ1v) is 10.9. The van der Waals surface area contributed by atoms with Crippen molar-refractivity contribution in [2.45, 2.75) is 0 Å². The molecule has 31 heavy (non-hydrogen) atoms. The second kappa shape index (κ2) is 14.6. The van der Waals surface area contributed by atoms with Gasteiger partial charge in [-0.25, -0.2) is 10.4 Å². The molecule has 0 saturated heterocycles. The smallest absolute Gasteiger partial charge is 0.155 e. The minimum atomic E-state index is -0.153. The molecule has 8 N–H and O–H groups in total. The van der Waals surface area contributed by atoms with Gasteiger partial charge in [-0.15, -0.1) is 11.8 Å². The lowest BCUT2D eigenvalue weighted by atomic mass is 10.2. The first-order chi connectivity index (χ1) is 14.9. The third-order valence-corrected chi connectivity index (χ3v) is 4.70. The summed E-state index contributed by atoms with van der Waals surface area (Å²) in [5.41, 5.74) is 5.63. The number of H-pyrrole nitrogens is 1. The molecule has 1 heterocycles. The van der Waals surface area contributed by atoms with Crippen LogP contribution in [-0.2, 0) is 0 Å². The van der Waals surface area contributed by atoms with Crippen LogP contribution in [0.15, 0.2) is 42.7 Å². The van der Waals surface area contributed by atoms with Crippen LogP contribution >= 0.6 is 35.0 Å². The Morgan fingerprint density at radius 1 is 1.10 bits per heavy atom. The summed E-state index contributed by atoms with van der Waals surface area (Å²) in [4.78, 5) is 4.05. The fourth-order valence-corrected chi connectivity index (χ4v) is 3.02. The SMILES string of the molecule is CNc1cc(Cl)cc(-c2ncn[nH]2)c1.CNc1cc(Cl)cc(C(=N)SC)c1.NNCO. The number of aliphatic hydroxyl groups excluding tert-OH is 1. The van der Waals surface area contributed by atoms with Crippen molar-refractivity contribution in [3.8, 4) is 11.4 Å². The Bertz CT molecular complexity index is 939. The zero-order valence-electron chi connectivity index (χ0n) is 17.3. The van der Waals surface area contributed by atoms with Crippen LogP contribution in [0.4, 0.5) is 11.4 Å². The number of thioether (sulfide) groups is 1. The average molecular weight is 485 g/mol. The number of hydrogen-bond acceptors (Lipinski definition) is 9. The number of hydrazine groups is 1. The molecule has 0 aliphatic rings. The number of hydrogen-bond donors (Lipinski definition) is 7. The normalized spacial score (nSPS) is 9.65. The predicted octanol–water partition coefficient (Wildman–Crippen LogP) is 3.64. The molecule has 0 spiro atoms. The van der Waals surface area contributed by atoms with Gasteiger partial charge in [-0.2, -0.15) is 5.10 Å². The lowest BCUT2D eigenvalue weighted by Crippen LogP contribution is -2.21. The van der Waals surface area contributed by atoms with Crippen LogP contribution in [0.2, 0.25) is 10.0 Å². The van der Waals surface area contributed by atoms with Gasteiger partial charge in [-0.1, -0.05) is 23.2 Å². The lowest BCUT2D eigenvalue weighted by molar-refractivity contribution is 0.263. The highest BCUT2D eigenvalue weighted by atomic mass is 35.5. The summed E-state index contributed by atoms with van der Waals surface area (Å²) < 4.78 is 0. The highest BCUT2D eigenvalue weighted by molar-refractivity contribution is 8.13. The van der Waals surface area contributed by atoms with Crippen molar-refractivity contribution in [3.63, 3.8) is 0 Å². The van der Waals surface area contributed by atoms with E-state index in [1.54, 1.807) is 6.07 Å². The van der Waals surface area contributed by atoms with Gasteiger partial charge in [-0.3, -0.25) is 16.4 Å². The lowest BCUT2D eigenvalue weighted by Gasteiger charge is -2.05. The maximum atomic E-state index is 7.64. The second-order valence-electron chi connectivity index (χ2n) is 5.69. The molecule has 3 aromatic rings. The quantitative estimate of drug-likeness (QED) is 0.0953. The van der Waals surface area contributed by atoms with E-state index < -0.39 is 0 Å². The number of aromatic amines is 1.